The van der Waals surface area contributed by atoms with Crippen LogP contribution < -0.4 is 5.32 Å². The molecule has 0 spiro atoms. The lowest BCUT2D eigenvalue weighted by Gasteiger charge is -2.11. The second-order valence-corrected chi connectivity index (χ2v) is 4.12. The van der Waals surface area contributed by atoms with Crippen molar-refractivity contribution in [2.45, 2.75) is 26.3 Å². The van der Waals surface area contributed by atoms with Crippen molar-refractivity contribution in [1.82, 2.24) is 5.32 Å². The first-order valence-corrected chi connectivity index (χ1v) is 5.52. The molecule has 1 atom stereocenters. The van der Waals surface area contributed by atoms with Gasteiger partial charge >= 0.3 is 5.97 Å². The summed E-state index contributed by atoms with van der Waals surface area (Å²) in [5.41, 5.74) is 0.873. The van der Waals surface area contributed by atoms with Crippen LogP contribution in [-0.2, 0) is 4.79 Å². The highest BCUT2D eigenvalue weighted by Gasteiger charge is 2.19. The maximum atomic E-state index is 11.6. The molecule has 1 aromatic rings. The van der Waals surface area contributed by atoms with Gasteiger partial charge in [0.15, 0.2) is 0 Å². The van der Waals surface area contributed by atoms with Gasteiger partial charge in [-0.15, -0.1) is 11.3 Å². The van der Waals surface area contributed by atoms with Crippen molar-refractivity contribution in [3.05, 3.63) is 21.9 Å². The third-order valence-electron chi connectivity index (χ3n) is 2.08. The molecule has 1 amide bonds. The number of amides is 1. The first-order valence-electron chi connectivity index (χ1n) is 4.64. The SMILES string of the molecule is CC[C@@H](NC(=O)c1sccc1C)C(=O)O. The number of carboxylic acids is 1. The zero-order valence-electron chi connectivity index (χ0n) is 8.61. The molecule has 15 heavy (non-hydrogen) atoms. The van der Waals surface area contributed by atoms with Crippen LogP contribution in [0.4, 0.5) is 0 Å². The molecule has 0 unspecified atom stereocenters. The third kappa shape index (κ3) is 2.79. The number of carboxylic acid groups (broad SMARTS) is 1. The minimum absolute atomic E-state index is 0.309. The van der Waals surface area contributed by atoms with Gasteiger partial charge in [0, 0.05) is 0 Å². The fraction of sp³-hybridized carbons (Fsp3) is 0.400. The molecule has 2 N–H and O–H groups in total. The van der Waals surface area contributed by atoms with Crippen LogP contribution in [0.25, 0.3) is 0 Å². The average Bonchev–Trinajstić information content (AvgIpc) is 2.60. The molecule has 1 rings (SSSR count). The van der Waals surface area contributed by atoms with Crippen molar-refractivity contribution in [3.63, 3.8) is 0 Å². The van der Waals surface area contributed by atoms with Gasteiger partial charge < -0.3 is 10.4 Å². The number of carbonyl (C=O) groups excluding carboxylic acids is 1. The van der Waals surface area contributed by atoms with E-state index in [-0.39, 0.29) is 5.91 Å². The summed E-state index contributed by atoms with van der Waals surface area (Å²) in [6, 6.07) is 1.03. The lowest BCUT2D eigenvalue weighted by molar-refractivity contribution is -0.139. The zero-order valence-corrected chi connectivity index (χ0v) is 9.43. The third-order valence-corrected chi connectivity index (χ3v) is 3.10. The van der Waals surface area contributed by atoms with E-state index in [1.54, 1.807) is 6.92 Å². The zero-order chi connectivity index (χ0) is 11.4. The van der Waals surface area contributed by atoms with Crippen molar-refractivity contribution in [3.8, 4) is 0 Å². The van der Waals surface area contributed by atoms with E-state index in [0.29, 0.717) is 11.3 Å². The highest BCUT2D eigenvalue weighted by atomic mass is 32.1. The molecule has 0 aliphatic heterocycles. The van der Waals surface area contributed by atoms with Crippen LogP contribution in [0.1, 0.15) is 28.6 Å². The Morgan fingerprint density at radius 2 is 2.27 bits per heavy atom. The highest BCUT2D eigenvalue weighted by Crippen LogP contribution is 2.15. The first-order chi connectivity index (χ1) is 7.06. The molecule has 0 aromatic carbocycles. The quantitative estimate of drug-likeness (QED) is 0.822. The van der Waals surface area contributed by atoms with Crippen LogP contribution in [0.3, 0.4) is 0 Å². The van der Waals surface area contributed by atoms with Crippen molar-refractivity contribution in [2.24, 2.45) is 0 Å². The van der Waals surface area contributed by atoms with Gasteiger partial charge in [-0.25, -0.2) is 4.79 Å². The average molecular weight is 227 g/mol. The summed E-state index contributed by atoms with van der Waals surface area (Å²) in [4.78, 5) is 22.9. The van der Waals surface area contributed by atoms with Crippen LogP contribution in [0.5, 0.6) is 0 Å². The minimum atomic E-state index is -1.000. The monoisotopic (exact) mass is 227 g/mol. The summed E-state index contributed by atoms with van der Waals surface area (Å²) >= 11 is 1.32. The Morgan fingerprint density at radius 1 is 1.60 bits per heavy atom. The number of aliphatic carboxylic acids is 1. The Bertz CT molecular complexity index is 372. The van der Waals surface area contributed by atoms with Crippen molar-refractivity contribution >= 4 is 23.2 Å². The summed E-state index contributed by atoms with van der Waals surface area (Å²) in [5, 5.41) is 13.1. The number of thiophene rings is 1. The maximum Gasteiger partial charge on any atom is 0.326 e. The molecule has 0 radical (unpaired) electrons. The standard InChI is InChI=1S/C10H13NO3S/c1-3-7(10(13)14)11-9(12)8-6(2)4-5-15-8/h4-5,7H,3H2,1-2H3,(H,11,12)(H,13,14)/t7-/m1/s1. The van der Waals surface area contributed by atoms with E-state index < -0.39 is 12.0 Å². The molecule has 5 heteroatoms. The number of hydrogen-bond donors (Lipinski definition) is 2. The Labute approximate surface area is 91.9 Å². The van der Waals surface area contributed by atoms with Crippen LogP contribution in [0, 0.1) is 6.92 Å². The number of hydrogen-bond acceptors (Lipinski definition) is 3. The normalized spacial score (nSPS) is 12.1. The summed E-state index contributed by atoms with van der Waals surface area (Å²) < 4.78 is 0. The highest BCUT2D eigenvalue weighted by molar-refractivity contribution is 7.12. The van der Waals surface area contributed by atoms with Gasteiger partial charge in [0.1, 0.15) is 6.04 Å². The van der Waals surface area contributed by atoms with E-state index in [0.717, 1.165) is 5.56 Å². The van der Waals surface area contributed by atoms with Crippen molar-refractivity contribution in [1.29, 1.82) is 0 Å². The predicted molar refractivity (Wildman–Crippen MR) is 58.2 cm³/mol. The largest absolute Gasteiger partial charge is 0.480 e. The van der Waals surface area contributed by atoms with Crippen LogP contribution in [-0.4, -0.2) is 23.0 Å². The second kappa shape index (κ2) is 4.93. The van der Waals surface area contributed by atoms with Gasteiger partial charge in [-0.1, -0.05) is 6.92 Å². The maximum absolute atomic E-state index is 11.6. The van der Waals surface area contributed by atoms with Gasteiger partial charge in [-0.05, 0) is 30.4 Å². The van der Waals surface area contributed by atoms with Crippen molar-refractivity contribution in [2.75, 3.05) is 0 Å². The fourth-order valence-electron chi connectivity index (χ4n) is 1.17. The molecule has 0 bridgehead atoms. The molecule has 1 aromatic heterocycles. The molecular formula is C10H13NO3S. The number of carbonyl (C=O) groups is 2. The topological polar surface area (TPSA) is 66.4 Å². The van der Waals surface area contributed by atoms with Crippen molar-refractivity contribution < 1.29 is 14.7 Å². The Hall–Kier alpha value is -1.36. The fourth-order valence-corrected chi connectivity index (χ4v) is 2.00. The number of rotatable bonds is 4. The van der Waals surface area contributed by atoms with E-state index in [1.165, 1.54) is 11.3 Å². The van der Waals surface area contributed by atoms with Gasteiger partial charge in [-0.3, -0.25) is 4.79 Å². The summed E-state index contributed by atoms with van der Waals surface area (Å²) in [7, 11) is 0. The van der Waals surface area contributed by atoms with Gasteiger partial charge in [0.25, 0.3) is 5.91 Å². The predicted octanol–water partition coefficient (Wildman–Crippen LogP) is 1.65. The van der Waals surface area contributed by atoms with E-state index in [4.69, 9.17) is 5.11 Å². The van der Waals surface area contributed by atoms with E-state index in [1.807, 2.05) is 18.4 Å². The van der Waals surface area contributed by atoms with Crippen LogP contribution in [0.2, 0.25) is 0 Å². The molecule has 0 saturated heterocycles. The Morgan fingerprint density at radius 3 is 2.67 bits per heavy atom. The van der Waals surface area contributed by atoms with Crippen LogP contribution in [0.15, 0.2) is 11.4 Å². The molecule has 0 fully saturated rings. The first kappa shape index (κ1) is 11.7. The Kier molecular flexibility index (Phi) is 3.85. The van der Waals surface area contributed by atoms with Gasteiger partial charge in [0.2, 0.25) is 0 Å². The molecule has 0 aliphatic carbocycles. The summed E-state index contributed by atoms with van der Waals surface area (Å²) in [5.74, 6) is -1.31. The van der Waals surface area contributed by atoms with Gasteiger partial charge in [-0.2, -0.15) is 0 Å². The molecule has 82 valence electrons. The molecule has 0 saturated carbocycles. The molecule has 4 nitrogen and oxygen atoms in total. The van der Waals surface area contributed by atoms with E-state index in [2.05, 4.69) is 5.32 Å². The van der Waals surface area contributed by atoms with E-state index >= 15 is 0 Å². The number of nitrogens with one attached hydrogen (secondary N) is 1. The molecular weight excluding hydrogens is 214 g/mol. The summed E-state index contributed by atoms with van der Waals surface area (Å²) in [6.07, 6.45) is 0.380. The smallest absolute Gasteiger partial charge is 0.326 e. The second-order valence-electron chi connectivity index (χ2n) is 3.21. The lowest BCUT2D eigenvalue weighted by atomic mass is 10.2. The molecule has 1 heterocycles. The summed E-state index contributed by atoms with van der Waals surface area (Å²) in [6.45, 7) is 3.55. The van der Waals surface area contributed by atoms with E-state index in [9.17, 15) is 9.59 Å². The minimum Gasteiger partial charge on any atom is -0.480 e. The molecule has 0 aliphatic rings. The Balaban J connectivity index is 2.71. The van der Waals surface area contributed by atoms with Crippen LogP contribution >= 0.6 is 11.3 Å². The lowest BCUT2D eigenvalue weighted by Crippen LogP contribution is -2.40. The number of aryl methyl sites for hydroxylation is 1. The van der Waals surface area contributed by atoms with Gasteiger partial charge in [0.05, 0.1) is 4.88 Å².